The van der Waals surface area contributed by atoms with E-state index in [9.17, 15) is 18.0 Å². The minimum absolute atomic E-state index is 0.189. The summed E-state index contributed by atoms with van der Waals surface area (Å²) in [4.78, 5) is 24.4. The van der Waals surface area contributed by atoms with Gasteiger partial charge in [-0.1, -0.05) is 56.3 Å². The highest BCUT2D eigenvalue weighted by Gasteiger charge is 2.21. The number of hydrogen-bond acceptors (Lipinski definition) is 5. The summed E-state index contributed by atoms with van der Waals surface area (Å²) in [7, 11) is -3.54. The van der Waals surface area contributed by atoms with Gasteiger partial charge in [0.1, 0.15) is 5.69 Å². The van der Waals surface area contributed by atoms with Gasteiger partial charge in [0.2, 0.25) is 10.0 Å². The molecule has 9 nitrogen and oxygen atoms in total. The molecule has 3 rings (SSSR count). The van der Waals surface area contributed by atoms with Crippen LogP contribution in [0.2, 0.25) is 0 Å². The van der Waals surface area contributed by atoms with E-state index in [2.05, 4.69) is 21.0 Å². The molecule has 0 saturated carbocycles. The number of H-pyrrole nitrogens is 1. The van der Waals surface area contributed by atoms with E-state index in [1.54, 1.807) is 32.0 Å². The van der Waals surface area contributed by atoms with Gasteiger partial charge >= 0.3 is 0 Å². The fourth-order valence-corrected chi connectivity index (χ4v) is 4.52. The molecule has 2 amide bonds. The molecule has 0 bridgehead atoms. The molecule has 0 aliphatic rings. The fourth-order valence-electron chi connectivity index (χ4n) is 3.06. The van der Waals surface area contributed by atoms with Crippen LogP contribution in [0, 0.1) is 0 Å². The molecular weight excluding hydrogens is 442 g/mol. The Morgan fingerprint density at radius 2 is 1.67 bits per heavy atom. The van der Waals surface area contributed by atoms with E-state index >= 15 is 0 Å². The zero-order valence-electron chi connectivity index (χ0n) is 18.3. The molecular formula is C23H25N5O4S. The minimum Gasteiger partial charge on any atom is -0.272 e. The molecule has 3 aromatic rings. The zero-order valence-corrected chi connectivity index (χ0v) is 19.1. The third-order valence-corrected chi connectivity index (χ3v) is 6.91. The summed E-state index contributed by atoms with van der Waals surface area (Å²) in [5.74, 6) is -1.09. The standard InChI is InChI=1S/C23H25N5O4S/c1-3-28(4-2)33(31,32)19-13-10-17(11-14-19)12-15-22(29)26-27-23(30)21-16-20(24-25-21)18-8-6-5-7-9-18/h5-16H,3-4H2,1-2H3,(H,24,25)(H,26,29)(H,27,30)/b15-12+. The van der Waals surface area contributed by atoms with Crippen molar-refractivity contribution in [1.82, 2.24) is 25.4 Å². The summed E-state index contributed by atoms with van der Waals surface area (Å²) in [5, 5.41) is 6.73. The normalized spacial score (nSPS) is 11.6. The lowest BCUT2D eigenvalue weighted by atomic mass is 10.1. The van der Waals surface area contributed by atoms with Crippen molar-refractivity contribution in [3.05, 3.63) is 78.0 Å². The smallest absolute Gasteiger partial charge is 0.272 e. The van der Waals surface area contributed by atoms with Gasteiger partial charge in [0.25, 0.3) is 11.8 Å². The Kier molecular flexibility index (Phi) is 7.75. The van der Waals surface area contributed by atoms with Crippen LogP contribution < -0.4 is 10.9 Å². The van der Waals surface area contributed by atoms with Crippen LogP contribution >= 0.6 is 0 Å². The molecule has 1 aromatic heterocycles. The monoisotopic (exact) mass is 467 g/mol. The number of aromatic nitrogens is 2. The summed E-state index contributed by atoms with van der Waals surface area (Å²) >= 11 is 0. The fraction of sp³-hybridized carbons (Fsp3) is 0.174. The first-order chi connectivity index (χ1) is 15.8. The van der Waals surface area contributed by atoms with Gasteiger partial charge in [0.05, 0.1) is 10.6 Å². The summed E-state index contributed by atoms with van der Waals surface area (Å²) in [5.41, 5.74) is 6.90. The van der Waals surface area contributed by atoms with Gasteiger partial charge in [0, 0.05) is 24.7 Å². The molecule has 172 valence electrons. The topological polar surface area (TPSA) is 124 Å². The van der Waals surface area contributed by atoms with E-state index in [1.165, 1.54) is 28.6 Å². The number of aromatic amines is 1. The van der Waals surface area contributed by atoms with Gasteiger partial charge in [-0.15, -0.1) is 0 Å². The maximum Gasteiger partial charge on any atom is 0.287 e. The SMILES string of the molecule is CCN(CC)S(=O)(=O)c1ccc(/C=C/C(=O)NNC(=O)c2cc(-c3ccccc3)n[nH]2)cc1. The van der Waals surface area contributed by atoms with Crippen molar-refractivity contribution in [1.29, 1.82) is 0 Å². The molecule has 1 heterocycles. The average Bonchev–Trinajstić information content (AvgIpc) is 3.33. The van der Waals surface area contributed by atoms with Crippen LogP contribution in [-0.2, 0) is 14.8 Å². The molecule has 0 aliphatic carbocycles. The lowest BCUT2D eigenvalue weighted by molar-refractivity contribution is -0.117. The molecule has 0 radical (unpaired) electrons. The minimum atomic E-state index is -3.54. The van der Waals surface area contributed by atoms with E-state index in [0.717, 1.165) is 5.56 Å². The second kappa shape index (κ2) is 10.7. The van der Waals surface area contributed by atoms with Crippen molar-refractivity contribution in [2.45, 2.75) is 18.7 Å². The maximum absolute atomic E-state index is 12.5. The van der Waals surface area contributed by atoms with Gasteiger partial charge < -0.3 is 0 Å². The van der Waals surface area contributed by atoms with Crippen LogP contribution in [0.15, 0.2) is 71.6 Å². The van der Waals surface area contributed by atoms with Crippen LogP contribution in [-0.4, -0.2) is 47.8 Å². The van der Waals surface area contributed by atoms with E-state index in [4.69, 9.17) is 0 Å². The number of sulfonamides is 1. The van der Waals surface area contributed by atoms with Crippen molar-refractivity contribution < 1.29 is 18.0 Å². The number of carbonyl (C=O) groups is 2. The number of nitrogens with one attached hydrogen (secondary N) is 3. The second-order valence-corrected chi connectivity index (χ2v) is 8.91. The maximum atomic E-state index is 12.5. The summed E-state index contributed by atoms with van der Waals surface area (Å²) in [6.45, 7) is 4.34. The van der Waals surface area contributed by atoms with Gasteiger partial charge in [-0.2, -0.15) is 9.40 Å². The number of hydrazine groups is 1. The van der Waals surface area contributed by atoms with Gasteiger partial charge in [-0.25, -0.2) is 8.42 Å². The molecule has 0 spiro atoms. The van der Waals surface area contributed by atoms with E-state index in [0.29, 0.717) is 24.3 Å². The molecule has 0 aliphatic heterocycles. The summed E-state index contributed by atoms with van der Waals surface area (Å²) in [6.07, 6.45) is 2.75. The third-order valence-electron chi connectivity index (χ3n) is 4.84. The number of nitrogens with zero attached hydrogens (tertiary/aromatic N) is 2. The first-order valence-corrected chi connectivity index (χ1v) is 11.8. The Morgan fingerprint density at radius 1 is 1.00 bits per heavy atom. The highest BCUT2D eigenvalue weighted by molar-refractivity contribution is 7.89. The van der Waals surface area contributed by atoms with Gasteiger partial charge in [0.15, 0.2) is 0 Å². The van der Waals surface area contributed by atoms with Crippen LogP contribution in [0.3, 0.4) is 0 Å². The quantitative estimate of drug-likeness (QED) is 0.347. The lowest BCUT2D eigenvalue weighted by Gasteiger charge is -2.18. The first kappa shape index (κ1) is 23.9. The predicted octanol–water partition coefficient (Wildman–Crippen LogP) is 2.58. The number of amides is 2. The Morgan fingerprint density at radius 3 is 2.30 bits per heavy atom. The Hall–Kier alpha value is -3.76. The second-order valence-electron chi connectivity index (χ2n) is 6.97. The van der Waals surface area contributed by atoms with E-state index in [-0.39, 0.29) is 10.6 Å². The highest BCUT2D eigenvalue weighted by Crippen LogP contribution is 2.17. The Labute approximate surface area is 192 Å². The summed E-state index contributed by atoms with van der Waals surface area (Å²) < 4.78 is 26.4. The largest absolute Gasteiger partial charge is 0.287 e. The van der Waals surface area contributed by atoms with E-state index in [1.807, 2.05) is 30.3 Å². The van der Waals surface area contributed by atoms with Crippen molar-refractivity contribution in [3.8, 4) is 11.3 Å². The number of carbonyl (C=O) groups excluding carboxylic acids is 2. The van der Waals surface area contributed by atoms with Crippen molar-refractivity contribution >= 4 is 27.9 Å². The number of hydrogen-bond donors (Lipinski definition) is 3. The van der Waals surface area contributed by atoms with Crippen molar-refractivity contribution in [3.63, 3.8) is 0 Å². The average molecular weight is 468 g/mol. The summed E-state index contributed by atoms with van der Waals surface area (Å²) in [6, 6.07) is 17.2. The van der Waals surface area contributed by atoms with Gasteiger partial charge in [-0.3, -0.25) is 25.5 Å². The molecule has 0 saturated heterocycles. The molecule has 0 atom stereocenters. The van der Waals surface area contributed by atoms with Gasteiger partial charge in [-0.05, 0) is 29.8 Å². The molecule has 2 aromatic carbocycles. The molecule has 33 heavy (non-hydrogen) atoms. The van der Waals surface area contributed by atoms with Crippen molar-refractivity contribution in [2.24, 2.45) is 0 Å². The Bertz CT molecular complexity index is 1230. The van der Waals surface area contributed by atoms with Crippen LogP contribution in [0.25, 0.3) is 17.3 Å². The van der Waals surface area contributed by atoms with Crippen LogP contribution in [0.5, 0.6) is 0 Å². The van der Waals surface area contributed by atoms with Crippen LogP contribution in [0.4, 0.5) is 0 Å². The van der Waals surface area contributed by atoms with Crippen LogP contribution in [0.1, 0.15) is 29.9 Å². The molecule has 0 fully saturated rings. The molecule has 10 heteroatoms. The highest BCUT2D eigenvalue weighted by atomic mass is 32.2. The van der Waals surface area contributed by atoms with Crippen molar-refractivity contribution in [2.75, 3.05) is 13.1 Å². The zero-order chi connectivity index (χ0) is 23.8. The number of benzene rings is 2. The predicted molar refractivity (Wildman–Crippen MR) is 125 cm³/mol. The molecule has 0 unspecified atom stereocenters. The first-order valence-electron chi connectivity index (χ1n) is 10.3. The number of rotatable bonds is 8. The lowest BCUT2D eigenvalue weighted by Crippen LogP contribution is -2.40. The third kappa shape index (κ3) is 5.93. The molecule has 3 N–H and O–H groups in total. The van der Waals surface area contributed by atoms with E-state index < -0.39 is 21.8 Å². The Balaban J connectivity index is 1.55.